The first kappa shape index (κ1) is 19.8. The highest BCUT2D eigenvalue weighted by Gasteiger charge is 2.27. The Morgan fingerprint density at radius 2 is 1.52 bits per heavy atom. The quantitative estimate of drug-likeness (QED) is 0.767. The number of aromatic nitrogens is 1. The van der Waals surface area contributed by atoms with E-state index in [4.69, 9.17) is 0 Å². The van der Waals surface area contributed by atoms with Crippen LogP contribution in [-0.4, -0.2) is 67.8 Å². The summed E-state index contributed by atoms with van der Waals surface area (Å²) >= 11 is 0. The van der Waals surface area contributed by atoms with Crippen molar-refractivity contribution in [1.82, 2.24) is 14.2 Å². The van der Waals surface area contributed by atoms with Crippen LogP contribution in [0.5, 0.6) is 0 Å². The van der Waals surface area contributed by atoms with Gasteiger partial charge in [0.25, 0.3) is 5.91 Å². The molecule has 2 aromatic rings. The topological polar surface area (TPSA) is 73.8 Å². The van der Waals surface area contributed by atoms with E-state index in [1.165, 1.54) is 0 Å². The number of benzene rings is 1. The fraction of sp³-hybridized carbons (Fsp3) is 0.429. The van der Waals surface area contributed by atoms with Crippen LogP contribution in [0, 0.1) is 0 Å². The van der Waals surface area contributed by atoms with Crippen LogP contribution >= 0.6 is 0 Å². The number of anilines is 1. The Balaban J connectivity index is 1.40. The molecule has 2 saturated heterocycles. The molecule has 1 aromatic carbocycles. The summed E-state index contributed by atoms with van der Waals surface area (Å²) < 4.78 is 27.1. The smallest absolute Gasteiger partial charge is 0.253 e. The van der Waals surface area contributed by atoms with Crippen LogP contribution in [0.1, 0.15) is 29.6 Å². The fourth-order valence-corrected chi connectivity index (χ4v) is 5.40. The molecule has 3 heterocycles. The number of sulfonamides is 1. The molecule has 0 radical (unpaired) electrons. The van der Waals surface area contributed by atoms with Crippen molar-refractivity contribution in [3.05, 3.63) is 54.2 Å². The van der Waals surface area contributed by atoms with Crippen molar-refractivity contribution >= 4 is 21.7 Å². The zero-order valence-electron chi connectivity index (χ0n) is 16.4. The van der Waals surface area contributed by atoms with Crippen LogP contribution < -0.4 is 4.90 Å². The number of nitrogens with zero attached hydrogens (tertiary/aromatic N) is 4. The minimum Gasteiger partial charge on any atom is -0.353 e. The molecule has 0 aliphatic carbocycles. The molecule has 8 heteroatoms. The van der Waals surface area contributed by atoms with E-state index in [0.717, 1.165) is 38.2 Å². The van der Waals surface area contributed by atoms with Crippen LogP contribution in [0.4, 0.5) is 5.82 Å². The lowest BCUT2D eigenvalue weighted by Crippen LogP contribution is -2.49. The summed E-state index contributed by atoms with van der Waals surface area (Å²) in [5.74, 6) is 0.861. The number of rotatable bonds is 4. The summed E-state index contributed by atoms with van der Waals surface area (Å²) in [6.45, 7) is 3.83. The van der Waals surface area contributed by atoms with E-state index in [9.17, 15) is 13.2 Å². The highest BCUT2D eigenvalue weighted by molar-refractivity contribution is 7.89. The Morgan fingerprint density at radius 3 is 2.14 bits per heavy atom. The van der Waals surface area contributed by atoms with Gasteiger partial charge in [-0.05, 0) is 49.2 Å². The number of carbonyl (C=O) groups excluding carboxylic acids is 1. The van der Waals surface area contributed by atoms with Crippen LogP contribution in [0.15, 0.2) is 53.6 Å². The number of piperidine rings is 1. The van der Waals surface area contributed by atoms with E-state index in [2.05, 4.69) is 9.88 Å². The van der Waals surface area contributed by atoms with Gasteiger partial charge in [-0.2, -0.15) is 4.31 Å². The van der Waals surface area contributed by atoms with Crippen molar-refractivity contribution < 1.29 is 13.2 Å². The maximum absolute atomic E-state index is 12.8. The highest BCUT2D eigenvalue weighted by atomic mass is 32.2. The van der Waals surface area contributed by atoms with Crippen molar-refractivity contribution in [1.29, 1.82) is 0 Å². The molecule has 4 rings (SSSR count). The summed E-state index contributed by atoms with van der Waals surface area (Å²) in [5.41, 5.74) is 0.522. The molecule has 0 unspecified atom stereocenters. The molecule has 7 nitrogen and oxygen atoms in total. The Morgan fingerprint density at radius 1 is 0.828 bits per heavy atom. The third-order valence-corrected chi connectivity index (χ3v) is 7.51. The van der Waals surface area contributed by atoms with Crippen molar-refractivity contribution in [3.8, 4) is 0 Å². The van der Waals surface area contributed by atoms with Crippen LogP contribution in [-0.2, 0) is 10.0 Å². The van der Waals surface area contributed by atoms with Gasteiger partial charge in [0.2, 0.25) is 10.0 Å². The average molecular weight is 415 g/mol. The Kier molecular flexibility index (Phi) is 5.82. The predicted octanol–water partition coefficient (Wildman–Crippen LogP) is 2.22. The maximum atomic E-state index is 12.8. The molecule has 0 bridgehead atoms. The van der Waals surface area contributed by atoms with E-state index < -0.39 is 10.0 Å². The minimum absolute atomic E-state index is 0.0624. The number of amides is 1. The van der Waals surface area contributed by atoms with Gasteiger partial charge in [-0.1, -0.05) is 12.5 Å². The molecule has 0 spiro atoms. The van der Waals surface area contributed by atoms with E-state index in [1.807, 2.05) is 23.1 Å². The van der Waals surface area contributed by atoms with Crippen LogP contribution in [0.2, 0.25) is 0 Å². The molecule has 0 saturated carbocycles. The lowest BCUT2D eigenvalue weighted by Gasteiger charge is -2.35. The van der Waals surface area contributed by atoms with Gasteiger partial charge in [0.15, 0.2) is 0 Å². The molecule has 29 heavy (non-hydrogen) atoms. The number of hydrogen-bond donors (Lipinski definition) is 0. The molecule has 0 N–H and O–H groups in total. The Bertz CT molecular complexity index is 934. The molecule has 2 aliphatic heterocycles. The molecule has 2 aliphatic rings. The van der Waals surface area contributed by atoms with Gasteiger partial charge in [0, 0.05) is 51.0 Å². The van der Waals surface area contributed by atoms with Gasteiger partial charge >= 0.3 is 0 Å². The first-order valence-electron chi connectivity index (χ1n) is 10.1. The van der Waals surface area contributed by atoms with Gasteiger partial charge in [-0.3, -0.25) is 4.79 Å². The largest absolute Gasteiger partial charge is 0.353 e. The first-order chi connectivity index (χ1) is 14.1. The summed E-state index contributed by atoms with van der Waals surface area (Å²) in [6, 6.07) is 12.2. The predicted molar refractivity (Wildman–Crippen MR) is 111 cm³/mol. The van der Waals surface area contributed by atoms with Crippen molar-refractivity contribution in [2.75, 3.05) is 44.2 Å². The molecule has 1 amide bonds. The van der Waals surface area contributed by atoms with Crippen molar-refractivity contribution in [3.63, 3.8) is 0 Å². The Hall–Kier alpha value is -2.45. The molecule has 154 valence electrons. The van der Waals surface area contributed by atoms with Gasteiger partial charge in [0.1, 0.15) is 5.82 Å². The normalized spacial score (nSPS) is 18.6. The van der Waals surface area contributed by atoms with Crippen LogP contribution in [0.25, 0.3) is 0 Å². The second-order valence-electron chi connectivity index (χ2n) is 7.46. The standard InChI is InChI=1S/C21H26N4O3S/c26-21(24-16-14-23(15-17-24)20-6-2-3-11-22-20)18-7-9-19(10-8-18)29(27,28)25-12-4-1-5-13-25/h2-3,6-11H,1,4-5,12-17H2. The maximum Gasteiger partial charge on any atom is 0.253 e. The van der Waals surface area contributed by atoms with Gasteiger partial charge in [-0.15, -0.1) is 0 Å². The lowest BCUT2D eigenvalue weighted by atomic mass is 10.2. The molecular weight excluding hydrogens is 388 g/mol. The van der Waals surface area contributed by atoms with Gasteiger partial charge < -0.3 is 9.80 Å². The molecule has 0 atom stereocenters. The van der Waals surface area contributed by atoms with E-state index in [1.54, 1.807) is 34.8 Å². The van der Waals surface area contributed by atoms with E-state index in [0.29, 0.717) is 31.7 Å². The average Bonchev–Trinajstić information content (AvgIpc) is 2.80. The monoisotopic (exact) mass is 414 g/mol. The van der Waals surface area contributed by atoms with Crippen molar-refractivity contribution in [2.45, 2.75) is 24.2 Å². The number of hydrogen-bond acceptors (Lipinski definition) is 5. The molecule has 2 fully saturated rings. The summed E-state index contributed by atoms with van der Waals surface area (Å²) in [4.78, 5) is 21.4. The van der Waals surface area contributed by atoms with Crippen LogP contribution in [0.3, 0.4) is 0 Å². The third kappa shape index (κ3) is 4.28. The Labute approximate surface area is 172 Å². The number of piperazine rings is 1. The zero-order valence-corrected chi connectivity index (χ0v) is 17.2. The minimum atomic E-state index is -3.47. The van der Waals surface area contributed by atoms with Crippen molar-refractivity contribution in [2.24, 2.45) is 0 Å². The second kappa shape index (κ2) is 8.51. The summed E-state index contributed by atoms with van der Waals surface area (Å²) in [6.07, 6.45) is 4.65. The first-order valence-corrected chi connectivity index (χ1v) is 11.6. The lowest BCUT2D eigenvalue weighted by molar-refractivity contribution is 0.0746. The highest BCUT2D eigenvalue weighted by Crippen LogP contribution is 2.21. The van der Waals surface area contributed by atoms with Gasteiger partial charge in [0.05, 0.1) is 4.90 Å². The molecule has 1 aromatic heterocycles. The summed E-state index contributed by atoms with van der Waals surface area (Å²) in [5, 5.41) is 0. The summed E-state index contributed by atoms with van der Waals surface area (Å²) in [7, 11) is -3.47. The second-order valence-corrected chi connectivity index (χ2v) is 9.39. The molecular formula is C21H26N4O3S. The third-order valence-electron chi connectivity index (χ3n) is 5.59. The van der Waals surface area contributed by atoms with Gasteiger partial charge in [-0.25, -0.2) is 13.4 Å². The fourth-order valence-electron chi connectivity index (χ4n) is 3.89. The van der Waals surface area contributed by atoms with E-state index >= 15 is 0 Å². The van der Waals surface area contributed by atoms with E-state index in [-0.39, 0.29) is 10.8 Å². The number of carbonyl (C=O) groups is 1. The number of pyridine rings is 1. The zero-order chi connectivity index (χ0) is 20.3. The SMILES string of the molecule is O=C(c1ccc(S(=O)(=O)N2CCCCC2)cc1)N1CCN(c2ccccn2)CC1.